The Morgan fingerprint density at radius 3 is 2.95 bits per heavy atom. The lowest BCUT2D eigenvalue weighted by atomic mass is 10.1. The fourth-order valence-electron chi connectivity index (χ4n) is 2.53. The zero-order chi connectivity index (χ0) is 15.8. The van der Waals surface area contributed by atoms with Crippen LogP contribution in [0.5, 0.6) is 0 Å². The number of hydrogen-bond donors (Lipinski definition) is 2. The van der Waals surface area contributed by atoms with Gasteiger partial charge in [-0.2, -0.15) is 0 Å². The molecule has 1 saturated heterocycles. The van der Waals surface area contributed by atoms with Gasteiger partial charge in [-0.1, -0.05) is 0 Å². The van der Waals surface area contributed by atoms with Crippen molar-refractivity contribution in [1.29, 1.82) is 0 Å². The Bertz CT molecular complexity index is 460. The molecular formula is C16H26N4O2. The Balaban J connectivity index is 1.93. The smallest absolute Gasteiger partial charge is 0.193 e. The van der Waals surface area contributed by atoms with Crippen molar-refractivity contribution in [3.05, 3.63) is 30.1 Å². The summed E-state index contributed by atoms with van der Waals surface area (Å²) in [4.78, 5) is 10.6. The molecule has 2 unspecified atom stereocenters. The van der Waals surface area contributed by atoms with Crippen molar-refractivity contribution in [3.8, 4) is 0 Å². The van der Waals surface area contributed by atoms with Crippen LogP contribution < -0.4 is 5.32 Å². The van der Waals surface area contributed by atoms with Gasteiger partial charge in [-0.15, -0.1) is 0 Å². The van der Waals surface area contributed by atoms with Crippen LogP contribution >= 0.6 is 0 Å². The van der Waals surface area contributed by atoms with E-state index in [1.54, 1.807) is 12.4 Å². The van der Waals surface area contributed by atoms with E-state index in [0.717, 1.165) is 44.2 Å². The highest BCUT2D eigenvalue weighted by Gasteiger charge is 2.19. The van der Waals surface area contributed by atoms with Crippen molar-refractivity contribution in [2.24, 2.45) is 10.9 Å². The van der Waals surface area contributed by atoms with Gasteiger partial charge in [-0.05, 0) is 31.0 Å². The molecule has 2 N–H and O–H groups in total. The summed E-state index contributed by atoms with van der Waals surface area (Å²) in [5.74, 6) is 1.38. The normalized spacial score (nSPS) is 20.0. The van der Waals surface area contributed by atoms with Gasteiger partial charge in [0.1, 0.15) is 0 Å². The molecule has 2 atom stereocenters. The van der Waals surface area contributed by atoms with Gasteiger partial charge >= 0.3 is 0 Å². The van der Waals surface area contributed by atoms with Crippen molar-refractivity contribution >= 4 is 5.96 Å². The maximum atomic E-state index is 10.2. The van der Waals surface area contributed by atoms with E-state index in [0.29, 0.717) is 12.5 Å². The predicted molar refractivity (Wildman–Crippen MR) is 86.7 cm³/mol. The number of nitrogens with one attached hydrogen (secondary N) is 1. The minimum absolute atomic E-state index is 0.331. The lowest BCUT2D eigenvalue weighted by Crippen LogP contribution is -2.41. The summed E-state index contributed by atoms with van der Waals surface area (Å²) in [7, 11) is 2.03. The van der Waals surface area contributed by atoms with Gasteiger partial charge < -0.3 is 20.1 Å². The maximum absolute atomic E-state index is 10.2. The molecule has 1 aromatic heterocycles. The zero-order valence-electron chi connectivity index (χ0n) is 13.4. The largest absolute Gasteiger partial charge is 0.386 e. The number of aliphatic hydroxyl groups is 1. The van der Waals surface area contributed by atoms with Crippen LogP contribution in [0.25, 0.3) is 0 Å². The van der Waals surface area contributed by atoms with E-state index in [9.17, 15) is 5.11 Å². The lowest BCUT2D eigenvalue weighted by Gasteiger charge is -2.24. The highest BCUT2D eigenvalue weighted by atomic mass is 16.5. The molecule has 1 aromatic rings. The number of hydrogen-bond acceptors (Lipinski definition) is 4. The molecule has 22 heavy (non-hydrogen) atoms. The van der Waals surface area contributed by atoms with Crippen LogP contribution in [-0.2, 0) is 4.74 Å². The molecule has 0 saturated carbocycles. The van der Waals surface area contributed by atoms with E-state index in [2.05, 4.69) is 20.2 Å². The molecule has 6 heteroatoms. The summed E-state index contributed by atoms with van der Waals surface area (Å²) in [6, 6.07) is 3.62. The standard InChI is InChI=1S/C16H26N4O2/c1-3-18-16(20(2)11-13-6-9-22-12-13)19-10-15(21)14-4-7-17-8-5-14/h4-5,7-8,13,15,21H,3,6,9-12H2,1-2H3,(H,18,19). The van der Waals surface area contributed by atoms with Gasteiger partial charge in [-0.25, -0.2) is 0 Å². The second kappa shape index (κ2) is 8.70. The van der Waals surface area contributed by atoms with Crippen molar-refractivity contribution in [1.82, 2.24) is 15.2 Å². The molecule has 2 heterocycles. The summed E-state index contributed by atoms with van der Waals surface area (Å²) in [5, 5.41) is 13.5. The first-order chi connectivity index (χ1) is 10.7. The summed E-state index contributed by atoms with van der Waals surface area (Å²) >= 11 is 0. The molecule has 1 aliphatic heterocycles. The molecule has 0 aromatic carbocycles. The second-order valence-electron chi connectivity index (χ2n) is 5.60. The Morgan fingerprint density at radius 2 is 2.32 bits per heavy atom. The summed E-state index contributed by atoms with van der Waals surface area (Å²) < 4.78 is 5.42. The third-order valence-electron chi connectivity index (χ3n) is 3.76. The minimum Gasteiger partial charge on any atom is -0.386 e. The third-order valence-corrected chi connectivity index (χ3v) is 3.76. The van der Waals surface area contributed by atoms with Crippen LogP contribution in [0.15, 0.2) is 29.5 Å². The quantitative estimate of drug-likeness (QED) is 0.607. The van der Waals surface area contributed by atoms with E-state index < -0.39 is 6.10 Å². The average Bonchev–Trinajstić information content (AvgIpc) is 3.04. The topological polar surface area (TPSA) is 70.0 Å². The first-order valence-corrected chi connectivity index (χ1v) is 7.86. The van der Waals surface area contributed by atoms with Crippen LogP contribution in [0.4, 0.5) is 0 Å². The van der Waals surface area contributed by atoms with Gasteiger partial charge in [-0.3, -0.25) is 9.98 Å². The SMILES string of the molecule is CCNC(=NCC(O)c1ccncc1)N(C)CC1CCOC1. The van der Waals surface area contributed by atoms with Crippen molar-refractivity contribution in [2.45, 2.75) is 19.4 Å². The summed E-state index contributed by atoms with van der Waals surface area (Å²) in [5.41, 5.74) is 0.835. The lowest BCUT2D eigenvalue weighted by molar-refractivity contribution is 0.180. The predicted octanol–water partition coefficient (Wildman–Crippen LogP) is 1.05. The molecule has 0 spiro atoms. The Labute approximate surface area is 132 Å². The van der Waals surface area contributed by atoms with Gasteiger partial charge in [0.2, 0.25) is 0 Å². The van der Waals surface area contributed by atoms with Crippen LogP contribution in [-0.4, -0.2) is 60.8 Å². The van der Waals surface area contributed by atoms with E-state index in [-0.39, 0.29) is 0 Å². The van der Waals surface area contributed by atoms with Crippen molar-refractivity contribution in [2.75, 3.05) is 39.9 Å². The second-order valence-corrected chi connectivity index (χ2v) is 5.60. The summed E-state index contributed by atoms with van der Waals surface area (Å²) in [6.07, 6.45) is 3.85. The van der Waals surface area contributed by atoms with Crippen LogP contribution in [0, 0.1) is 5.92 Å². The fourth-order valence-corrected chi connectivity index (χ4v) is 2.53. The molecule has 0 bridgehead atoms. The van der Waals surface area contributed by atoms with Crippen molar-refractivity contribution in [3.63, 3.8) is 0 Å². The average molecular weight is 306 g/mol. The van der Waals surface area contributed by atoms with Gasteiger partial charge in [0, 0.05) is 45.1 Å². The first kappa shape index (κ1) is 16.7. The third kappa shape index (κ3) is 4.96. The van der Waals surface area contributed by atoms with E-state index in [1.165, 1.54) is 0 Å². The number of nitrogens with zero attached hydrogens (tertiary/aromatic N) is 3. The number of rotatable bonds is 6. The maximum Gasteiger partial charge on any atom is 0.193 e. The van der Waals surface area contributed by atoms with Gasteiger partial charge in [0.25, 0.3) is 0 Å². The fraction of sp³-hybridized carbons (Fsp3) is 0.625. The summed E-state index contributed by atoms with van der Waals surface area (Å²) in [6.45, 7) is 5.77. The first-order valence-electron chi connectivity index (χ1n) is 7.86. The van der Waals surface area contributed by atoms with E-state index in [1.807, 2.05) is 26.1 Å². The highest BCUT2D eigenvalue weighted by Crippen LogP contribution is 2.14. The number of aliphatic imine (C=N–C) groups is 1. The molecule has 122 valence electrons. The number of aliphatic hydroxyl groups excluding tert-OH is 1. The number of aromatic nitrogens is 1. The van der Waals surface area contributed by atoms with Crippen molar-refractivity contribution < 1.29 is 9.84 Å². The van der Waals surface area contributed by atoms with Gasteiger partial charge in [0.15, 0.2) is 5.96 Å². The Kier molecular flexibility index (Phi) is 6.61. The molecule has 6 nitrogen and oxygen atoms in total. The molecule has 0 amide bonds. The molecule has 1 fully saturated rings. The molecule has 2 rings (SSSR count). The van der Waals surface area contributed by atoms with Crippen LogP contribution in [0.1, 0.15) is 25.0 Å². The van der Waals surface area contributed by atoms with E-state index in [4.69, 9.17) is 4.74 Å². The van der Waals surface area contributed by atoms with Crippen LogP contribution in [0.3, 0.4) is 0 Å². The zero-order valence-corrected chi connectivity index (χ0v) is 13.4. The monoisotopic (exact) mass is 306 g/mol. The minimum atomic E-state index is -0.611. The molecule has 0 aliphatic carbocycles. The highest BCUT2D eigenvalue weighted by molar-refractivity contribution is 5.79. The number of guanidine groups is 1. The Morgan fingerprint density at radius 1 is 1.55 bits per heavy atom. The van der Waals surface area contributed by atoms with E-state index >= 15 is 0 Å². The number of ether oxygens (including phenoxy) is 1. The molecule has 1 aliphatic rings. The number of pyridine rings is 1. The van der Waals surface area contributed by atoms with Gasteiger partial charge in [0.05, 0.1) is 19.3 Å². The van der Waals surface area contributed by atoms with Crippen LogP contribution in [0.2, 0.25) is 0 Å². The Hall–Kier alpha value is -1.66. The molecule has 0 radical (unpaired) electrons. The molecular weight excluding hydrogens is 280 g/mol.